The number of pyridine rings is 1. The lowest BCUT2D eigenvalue weighted by Gasteiger charge is -2.17. The van der Waals surface area contributed by atoms with E-state index in [1.165, 1.54) is 19.4 Å². The molecule has 2 aromatic carbocycles. The van der Waals surface area contributed by atoms with Gasteiger partial charge in [0, 0.05) is 29.8 Å². The first-order valence-corrected chi connectivity index (χ1v) is 10.1. The minimum atomic E-state index is -3.43. The number of methoxy groups -OCH3 is 1. The maximum absolute atomic E-state index is 12.2. The van der Waals surface area contributed by atoms with Gasteiger partial charge in [0.1, 0.15) is 11.8 Å². The second-order valence-electron chi connectivity index (χ2n) is 6.26. The number of nitriles is 1. The predicted octanol–water partition coefficient (Wildman–Crippen LogP) is 4.01. The molecule has 3 rings (SSSR count). The fourth-order valence-electron chi connectivity index (χ4n) is 2.86. The highest BCUT2D eigenvalue weighted by Crippen LogP contribution is 2.41. The SMILES string of the molecule is COc1cc(S(C)(=O)=O)cc(-c2ccc(C)cc2)c1-c1cncc(C#N)c1. The van der Waals surface area contributed by atoms with Gasteiger partial charge in [0.25, 0.3) is 0 Å². The van der Waals surface area contributed by atoms with Crippen molar-refractivity contribution >= 4 is 9.84 Å². The van der Waals surface area contributed by atoms with E-state index in [1.807, 2.05) is 31.2 Å². The Hall–Kier alpha value is -3.17. The predicted molar refractivity (Wildman–Crippen MR) is 104 cm³/mol. The fourth-order valence-corrected chi connectivity index (χ4v) is 3.51. The van der Waals surface area contributed by atoms with Crippen molar-refractivity contribution in [1.82, 2.24) is 4.98 Å². The molecule has 0 radical (unpaired) electrons. The molecule has 0 aliphatic heterocycles. The number of nitrogens with zero attached hydrogens (tertiary/aromatic N) is 2. The van der Waals surface area contributed by atoms with Gasteiger partial charge in [-0.25, -0.2) is 8.42 Å². The van der Waals surface area contributed by atoms with Crippen molar-refractivity contribution in [2.45, 2.75) is 11.8 Å². The number of benzene rings is 2. The van der Waals surface area contributed by atoms with Crippen LogP contribution in [0.3, 0.4) is 0 Å². The summed E-state index contributed by atoms with van der Waals surface area (Å²) in [6, 6.07) is 14.7. The third-order valence-electron chi connectivity index (χ3n) is 4.24. The highest BCUT2D eigenvalue weighted by Gasteiger charge is 2.19. The molecule has 27 heavy (non-hydrogen) atoms. The Bertz CT molecular complexity index is 1150. The van der Waals surface area contributed by atoms with E-state index >= 15 is 0 Å². The van der Waals surface area contributed by atoms with Gasteiger partial charge >= 0.3 is 0 Å². The maximum atomic E-state index is 12.2. The van der Waals surface area contributed by atoms with Crippen LogP contribution in [0.4, 0.5) is 0 Å². The Balaban J connectivity index is 2.39. The van der Waals surface area contributed by atoms with Crippen LogP contribution in [-0.2, 0) is 9.84 Å². The zero-order valence-electron chi connectivity index (χ0n) is 15.2. The van der Waals surface area contributed by atoms with Crippen molar-refractivity contribution < 1.29 is 13.2 Å². The molecule has 6 heteroatoms. The summed E-state index contributed by atoms with van der Waals surface area (Å²) in [6.07, 6.45) is 4.28. The summed E-state index contributed by atoms with van der Waals surface area (Å²) in [6.45, 7) is 1.98. The molecule has 0 saturated carbocycles. The normalized spacial score (nSPS) is 11.0. The third-order valence-corrected chi connectivity index (χ3v) is 5.33. The van der Waals surface area contributed by atoms with Crippen LogP contribution in [0.1, 0.15) is 11.1 Å². The van der Waals surface area contributed by atoms with Crippen LogP contribution >= 0.6 is 0 Å². The minimum absolute atomic E-state index is 0.170. The summed E-state index contributed by atoms with van der Waals surface area (Å²) in [5.74, 6) is 0.408. The lowest BCUT2D eigenvalue weighted by Crippen LogP contribution is -2.01. The van der Waals surface area contributed by atoms with E-state index in [9.17, 15) is 13.7 Å². The zero-order valence-corrected chi connectivity index (χ0v) is 16.0. The summed E-state index contributed by atoms with van der Waals surface area (Å²) >= 11 is 0. The smallest absolute Gasteiger partial charge is 0.175 e. The molecule has 0 spiro atoms. The largest absolute Gasteiger partial charge is 0.496 e. The lowest BCUT2D eigenvalue weighted by molar-refractivity contribution is 0.415. The molecule has 1 heterocycles. The minimum Gasteiger partial charge on any atom is -0.496 e. The van der Waals surface area contributed by atoms with Gasteiger partial charge < -0.3 is 4.74 Å². The molecule has 0 unspecified atom stereocenters. The summed E-state index contributed by atoms with van der Waals surface area (Å²) < 4.78 is 29.9. The van der Waals surface area contributed by atoms with Crippen LogP contribution < -0.4 is 4.74 Å². The van der Waals surface area contributed by atoms with E-state index in [4.69, 9.17) is 4.74 Å². The second-order valence-corrected chi connectivity index (χ2v) is 8.28. The van der Waals surface area contributed by atoms with E-state index in [2.05, 4.69) is 11.1 Å². The second kappa shape index (κ2) is 7.22. The Labute approximate surface area is 158 Å². The number of ether oxygens (including phenoxy) is 1. The van der Waals surface area contributed by atoms with E-state index in [0.29, 0.717) is 28.0 Å². The number of hydrogen-bond acceptors (Lipinski definition) is 5. The van der Waals surface area contributed by atoms with E-state index in [-0.39, 0.29) is 4.90 Å². The first kappa shape index (κ1) is 18.6. The van der Waals surface area contributed by atoms with Gasteiger partial charge in [0.2, 0.25) is 0 Å². The Morgan fingerprint density at radius 3 is 2.33 bits per heavy atom. The number of sulfone groups is 1. The van der Waals surface area contributed by atoms with Gasteiger partial charge in [-0.1, -0.05) is 29.8 Å². The lowest BCUT2D eigenvalue weighted by atomic mass is 9.93. The summed E-state index contributed by atoms with van der Waals surface area (Å²) in [7, 11) is -1.94. The molecule has 0 bridgehead atoms. The van der Waals surface area contributed by atoms with Crippen molar-refractivity contribution in [2.75, 3.05) is 13.4 Å². The molecule has 0 amide bonds. The molecule has 1 aromatic heterocycles. The standard InChI is InChI=1S/C21H18N2O3S/c1-14-4-6-16(7-5-14)19-9-18(27(3,24)25)10-20(26-2)21(19)17-8-15(11-22)12-23-13-17/h4-10,12-13H,1-3H3. The monoisotopic (exact) mass is 378 g/mol. The summed E-state index contributed by atoms with van der Waals surface area (Å²) in [4.78, 5) is 4.30. The van der Waals surface area contributed by atoms with Gasteiger partial charge in [0.15, 0.2) is 9.84 Å². The molecule has 5 nitrogen and oxygen atoms in total. The third kappa shape index (κ3) is 3.83. The molecule has 0 N–H and O–H groups in total. The summed E-state index contributed by atoms with van der Waals surface area (Å²) in [5.41, 5.74) is 4.43. The molecule has 0 aliphatic rings. The molecule has 0 saturated heterocycles. The first-order chi connectivity index (χ1) is 12.8. The van der Waals surface area contributed by atoms with Crippen molar-refractivity contribution in [3.8, 4) is 34.1 Å². The van der Waals surface area contributed by atoms with E-state index in [1.54, 1.807) is 18.3 Å². The first-order valence-electron chi connectivity index (χ1n) is 8.18. The summed E-state index contributed by atoms with van der Waals surface area (Å²) in [5, 5.41) is 9.20. The van der Waals surface area contributed by atoms with Crippen LogP contribution in [0.5, 0.6) is 5.75 Å². The Morgan fingerprint density at radius 1 is 1.04 bits per heavy atom. The maximum Gasteiger partial charge on any atom is 0.175 e. The van der Waals surface area contributed by atoms with Crippen molar-refractivity contribution in [3.63, 3.8) is 0 Å². The molecule has 0 atom stereocenters. The zero-order chi connectivity index (χ0) is 19.6. The van der Waals surface area contributed by atoms with E-state index < -0.39 is 9.84 Å². The topological polar surface area (TPSA) is 80.1 Å². The Kier molecular flexibility index (Phi) is 4.98. The Morgan fingerprint density at radius 2 is 1.74 bits per heavy atom. The van der Waals surface area contributed by atoms with Crippen LogP contribution in [0.15, 0.2) is 59.8 Å². The van der Waals surface area contributed by atoms with Crippen LogP contribution in [0, 0.1) is 18.3 Å². The number of aryl methyl sites for hydroxylation is 1. The van der Waals surface area contributed by atoms with E-state index in [0.717, 1.165) is 17.4 Å². The molecule has 136 valence electrons. The van der Waals surface area contributed by atoms with Crippen LogP contribution in [0.25, 0.3) is 22.3 Å². The molecular weight excluding hydrogens is 360 g/mol. The number of hydrogen-bond donors (Lipinski definition) is 0. The quantitative estimate of drug-likeness (QED) is 0.685. The van der Waals surface area contributed by atoms with Crippen molar-refractivity contribution in [2.24, 2.45) is 0 Å². The van der Waals surface area contributed by atoms with Gasteiger partial charge in [-0.3, -0.25) is 4.98 Å². The van der Waals surface area contributed by atoms with Gasteiger partial charge in [0.05, 0.1) is 17.6 Å². The fraction of sp³-hybridized carbons (Fsp3) is 0.143. The van der Waals surface area contributed by atoms with Crippen molar-refractivity contribution in [3.05, 3.63) is 66.0 Å². The highest BCUT2D eigenvalue weighted by molar-refractivity contribution is 7.90. The average Bonchev–Trinajstić information content (AvgIpc) is 2.66. The van der Waals surface area contributed by atoms with Crippen molar-refractivity contribution in [1.29, 1.82) is 5.26 Å². The highest BCUT2D eigenvalue weighted by atomic mass is 32.2. The molecule has 0 aliphatic carbocycles. The van der Waals surface area contributed by atoms with Gasteiger partial charge in [-0.05, 0) is 36.2 Å². The van der Waals surface area contributed by atoms with Gasteiger partial charge in [-0.15, -0.1) is 0 Å². The van der Waals surface area contributed by atoms with Crippen LogP contribution in [-0.4, -0.2) is 26.8 Å². The number of aromatic nitrogens is 1. The molecular formula is C21H18N2O3S. The molecule has 3 aromatic rings. The number of rotatable bonds is 4. The molecule has 0 fully saturated rings. The average molecular weight is 378 g/mol. The van der Waals surface area contributed by atoms with Crippen LogP contribution in [0.2, 0.25) is 0 Å². The van der Waals surface area contributed by atoms with Gasteiger partial charge in [-0.2, -0.15) is 5.26 Å².